The highest BCUT2D eigenvalue weighted by Crippen LogP contribution is 2.33. The van der Waals surface area contributed by atoms with Crippen LogP contribution in [-0.2, 0) is 17.8 Å². The maximum absolute atomic E-state index is 12.2. The minimum absolute atomic E-state index is 0. The average Bonchev–Trinajstić information content (AvgIpc) is 4.02. The van der Waals surface area contributed by atoms with Crippen LogP contribution >= 0.6 is 0 Å². The van der Waals surface area contributed by atoms with Crippen LogP contribution in [0.15, 0.2) is 183 Å². The van der Waals surface area contributed by atoms with Gasteiger partial charge < -0.3 is 27.3 Å². The number of carbonyl (C=O) groups is 2. The molecule has 15 heteroatoms. The number of hydrogen-bond acceptors (Lipinski definition) is 12. The van der Waals surface area contributed by atoms with E-state index in [9.17, 15) is 9.59 Å². The number of hydrogen-bond donors (Lipinski definition) is 4. The predicted octanol–water partition coefficient (Wildman–Crippen LogP) is 9.58. The van der Waals surface area contributed by atoms with Gasteiger partial charge in [-0.05, 0) is 53.4 Å². The van der Waals surface area contributed by atoms with Crippen LogP contribution in [-0.4, -0.2) is 57.6 Å². The van der Waals surface area contributed by atoms with Crippen LogP contribution in [0.3, 0.4) is 0 Å². The Morgan fingerprint density at radius 2 is 0.970 bits per heavy atom. The molecule has 0 spiro atoms. The Kier molecular flexibility index (Phi) is 13.7. The van der Waals surface area contributed by atoms with E-state index in [4.69, 9.17) is 25.5 Å². The molecule has 0 bridgehead atoms. The number of aromatic nitrogens is 8. The third-order valence-electron chi connectivity index (χ3n) is 10.6. The summed E-state index contributed by atoms with van der Waals surface area (Å²) in [5.41, 5.74) is 15.6. The second-order valence-corrected chi connectivity index (χ2v) is 15.0. The summed E-state index contributed by atoms with van der Waals surface area (Å²) >= 11 is 0. The first-order chi connectivity index (χ1) is 32.4. The Balaban J connectivity index is 0.000000179. The van der Waals surface area contributed by atoms with Crippen molar-refractivity contribution in [2.75, 3.05) is 17.2 Å². The van der Waals surface area contributed by atoms with E-state index in [0.717, 1.165) is 44.4 Å². The monoisotopic (exact) mass is 886 g/mol. The number of amides is 1. The molecule has 0 aliphatic heterocycles. The van der Waals surface area contributed by atoms with Crippen LogP contribution in [0.4, 0.5) is 11.6 Å². The summed E-state index contributed by atoms with van der Waals surface area (Å²) in [5.74, 6) is 1.31. The molecule has 332 valence electrons. The number of primary amides is 1. The number of carbonyl (C=O) groups excluding carboxylic acids is 2. The van der Waals surface area contributed by atoms with E-state index in [1.54, 1.807) is 36.0 Å². The number of ether oxygens (including phenoxy) is 1. The molecule has 0 unspecified atom stereocenters. The summed E-state index contributed by atoms with van der Waals surface area (Å²) in [5, 5.41) is 16.4. The molecule has 1 amide bonds. The Labute approximate surface area is 386 Å². The topological polar surface area (TPSA) is 215 Å². The van der Waals surface area contributed by atoms with Gasteiger partial charge in [-0.2, -0.15) is 0 Å². The molecule has 0 radical (unpaired) electrons. The molecule has 0 saturated heterocycles. The fourth-order valence-electron chi connectivity index (χ4n) is 7.39. The SMILES string of the molecule is CCOC(=O)c1cncc(-c2nc(NCc3ccccc3)c3c(-c4ccccc4)ccn3n2)c1.N.NC(=O)c1cncc(-c2nc(NCc3ccccc3)c3c(-c4ccccc4)ccn3n2)c1. The molecule has 4 aromatic carbocycles. The molecule has 10 aromatic rings. The highest BCUT2D eigenvalue weighted by atomic mass is 16.5. The number of benzene rings is 4. The molecule has 15 nitrogen and oxygen atoms in total. The number of fused-ring (bicyclic) bond motifs is 2. The highest BCUT2D eigenvalue weighted by molar-refractivity contribution is 5.94. The van der Waals surface area contributed by atoms with Gasteiger partial charge in [0.25, 0.3) is 0 Å². The second-order valence-electron chi connectivity index (χ2n) is 15.0. The Bertz CT molecular complexity index is 3270. The van der Waals surface area contributed by atoms with E-state index in [1.165, 1.54) is 12.4 Å². The van der Waals surface area contributed by atoms with Gasteiger partial charge in [-0.3, -0.25) is 14.8 Å². The normalized spacial score (nSPS) is 10.7. The second kappa shape index (κ2) is 20.6. The van der Waals surface area contributed by atoms with E-state index >= 15 is 0 Å². The van der Waals surface area contributed by atoms with Crippen LogP contribution in [0.25, 0.3) is 56.1 Å². The fourth-order valence-corrected chi connectivity index (χ4v) is 7.39. The molecular weight excluding hydrogens is 841 g/mol. The Hall–Kier alpha value is -9.08. The molecule has 10 rings (SSSR count). The van der Waals surface area contributed by atoms with Crippen molar-refractivity contribution < 1.29 is 14.3 Å². The first kappa shape index (κ1) is 44.5. The number of esters is 1. The van der Waals surface area contributed by atoms with Gasteiger partial charge in [0.15, 0.2) is 23.3 Å². The molecule has 0 atom stereocenters. The largest absolute Gasteiger partial charge is 0.462 e. The average molecular weight is 887 g/mol. The van der Waals surface area contributed by atoms with Crippen molar-refractivity contribution in [2.24, 2.45) is 5.73 Å². The van der Waals surface area contributed by atoms with Gasteiger partial charge in [0, 0.05) is 72.5 Å². The summed E-state index contributed by atoms with van der Waals surface area (Å²) < 4.78 is 8.73. The molecule has 6 aromatic heterocycles. The van der Waals surface area contributed by atoms with Gasteiger partial charge in [-0.25, -0.2) is 23.8 Å². The Morgan fingerprint density at radius 1 is 0.552 bits per heavy atom. The third-order valence-corrected chi connectivity index (χ3v) is 10.6. The lowest BCUT2D eigenvalue weighted by Gasteiger charge is -2.12. The first-order valence-corrected chi connectivity index (χ1v) is 21.2. The van der Waals surface area contributed by atoms with Crippen molar-refractivity contribution in [3.8, 4) is 45.0 Å². The third kappa shape index (κ3) is 10.2. The molecular formula is C52H46N12O3. The number of nitrogens with zero attached hydrogens (tertiary/aromatic N) is 8. The minimum atomic E-state index is -0.546. The van der Waals surface area contributed by atoms with E-state index < -0.39 is 11.9 Å². The lowest BCUT2D eigenvalue weighted by atomic mass is 10.1. The summed E-state index contributed by atoms with van der Waals surface area (Å²) in [6, 6.07) is 47.9. The molecule has 0 aliphatic rings. The van der Waals surface area contributed by atoms with Crippen molar-refractivity contribution in [2.45, 2.75) is 20.0 Å². The van der Waals surface area contributed by atoms with Crippen molar-refractivity contribution >= 4 is 34.5 Å². The van der Waals surface area contributed by atoms with Gasteiger partial charge >= 0.3 is 5.97 Å². The lowest BCUT2D eigenvalue weighted by Crippen LogP contribution is -2.12. The number of anilines is 2. The number of nitrogens with one attached hydrogen (secondary N) is 2. The van der Waals surface area contributed by atoms with Crippen LogP contribution in [0.1, 0.15) is 38.8 Å². The molecule has 0 aliphatic carbocycles. The molecule has 6 heterocycles. The van der Waals surface area contributed by atoms with Crippen molar-refractivity contribution in [1.29, 1.82) is 0 Å². The smallest absolute Gasteiger partial charge is 0.339 e. The van der Waals surface area contributed by atoms with Crippen molar-refractivity contribution in [3.05, 3.63) is 205 Å². The highest BCUT2D eigenvalue weighted by Gasteiger charge is 2.19. The molecule has 0 saturated carbocycles. The lowest BCUT2D eigenvalue weighted by molar-refractivity contribution is 0.0525. The van der Waals surface area contributed by atoms with E-state index in [1.807, 2.05) is 102 Å². The first-order valence-electron chi connectivity index (χ1n) is 21.2. The van der Waals surface area contributed by atoms with Gasteiger partial charge in [0.2, 0.25) is 5.91 Å². The quantitative estimate of drug-likeness (QED) is 0.0797. The zero-order chi connectivity index (χ0) is 45.2. The maximum atomic E-state index is 12.2. The zero-order valence-corrected chi connectivity index (χ0v) is 36.5. The molecule has 0 fully saturated rings. The minimum Gasteiger partial charge on any atom is -0.462 e. The zero-order valence-electron chi connectivity index (χ0n) is 36.5. The number of pyridine rings is 2. The van der Waals surface area contributed by atoms with Crippen LogP contribution in [0, 0.1) is 0 Å². The van der Waals surface area contributed by atoms with Crippen LogP contribution < -0.4 is 22.5 Å². The summed E-state index contributed by atoms with van der Waals surface area (Å²) in [7, 11) is 0. The van der Waals surface area contributed by atoms with Gasteiger partial charge in [-0.1, -0.05) is 121 Å². The summed E-state index contributed by atoms with van der Waals surface area (Å²) in [4.78, 5) is 41.8. The Morgan fingerprint density at radius 3 is 1.40 bits per heavy atom. The van der Waals surface area contributed by atoms with Crippen molar-refractivity contribution in [1.82, 2.24) is 45.3 Å². The number of nitrogens with two attached hydrogens (primary N) is 1. The standard InChI is InChI=1S/C27H23N5O2.C25H20N6O.H3N/c1-2-34-27(33)22-15-21(17-28-18-22)25-30-26(29-16-19-9-5-3-6-10-19)24-23(13-14-32(24)31-25)20-11-7-4-8-12-20;26-23(32)19-13-20(16-27-15-19)24-29-25(28-14-17-7-3-1-4-8-17)22-21(11-12-31(22)30-24)18-9-5-2-6-10-18;/h3-15,17-18H,2,16H2,1H3,(H,29,30,31);1-13,15-16H,14H2,(H2,26,32)(H,28,29,30);1H3. The van der Waals surface area contributed by atoms with E-state index in [2.05, 4.69) is 74.2 Å². The van der Waals surface area contributed by atoms with E-state index in [0.29, 0.717) is 65.2 Å². The maximum Gasteiger partial charge on any atom is 0.339 e. The summed E-state index contributed by atoms with van der Waals surface area (Å²) in [6.07, 6.45) is 10.0. The van der Waals surface area contributed by atoms with E-state index in [-0.39, 0.29) is 6.15 Å². The molecule has 67 heavy (non-hydrogen) atoms. The number of rotatable bonds is 13. The van der Waals surface area contributed by atoms with Crippen molar-refractivity contribution in [3.63, 3.8) is 0 Å². The van der Waals surface area contributed by atoms with Gasteiger partial charge in [0.1, 0.15) is 11.0 Å². The molecule has 7 N–H and O–H groups in total. The van der Waals surface area contributed by atoms with Crippen LogP contribution in [0.5, 0.6) is 0 Å². The summed E-state index contributed by atoms with van der Waals surface area (Å²) in [6.45, 7) is 3.28. The van der Waals surface area contributed by atoms with Gasteiger partial charge in [-0.15, -0.1) is 10.2 Å². The predicted molar refractivity (Wildman–Crippen MR) is 260 cm³/mol. The van der Waals surface area contributed by atoms with Gasteiger partial charge in [0.05, 0.1) is 17.7 Å². The fraction of sp³-hybridized carbons (Fsp3) is 0.0769. The van der Waals surface area contributed by atoms with Crippen LogP contribution in [0.2, 0.25) is 0 Å².